The first-order valence-corrected chi connectivity index (χ1v) is 17.9. The van der Waals surface area contributed by atoms with E-state index in [2.05, 4.69) is 27.7 Å². The van der Waals surface area contributed by atoms with Gasteiger partial charge in [0.15, 0.2) is 0 Å². The second-order valence-electron chi connectivity index (χ2n) is 12.8. The molecule has 38 heavy (non-hydrogen) atoms. The van der Waals surface area contributed by atoms with Gasteiger partial charge >= 0.3 is 0 Å². The fourth-order valence-corrected chi connectivity index (χ4v) is 6.42. The molecule has 0 radical (unpaired) electrons. The van der Waals surface area contributed by atoms with Gasteiger partial charge in [-0.1, -0.05) is 195 Å². The van der Waals surface area contributed by atoms with E-state index in [1.54, 1.807) is 0 Å². The van der Waals surface area contributed by atoms with E-state index in [4.69, 9.17) is 5.73 Å². The van der Waals surface area contributed by atoms with Crippen LogP contribution in [0.3, 0.4) is 0 Å². The van der Waals surface area contributed by atoms with Gasteiger partial charge < -0.3 is 5.73 Å². The van der Waals surface area contributed by atoms with Gasteiger partial charge in [-0.3, -0.25) is 0 Å². The standard InChI is InChI=1S/C36H75N.ClH/c1-5-9-13-17-21-22-24-28-32-35(31-27-23-18-14-10-6-2)36(37,33-29-25-19-15-11-7-3)34-30-26-20-16-12-8-4;/h35H,5-34,37H2,1-4H3;1H. The smallest absolute Gasteiger partial charge is 0.0182 e. The molecule has 0 amide bonds. The van der Waals surface area contributed by atoms with Crippen molar-refractivity contribution in [1.82, 2.24) is 0 Å². The Bertz CT molecular complexity index is 408. The first-order valence-electron chi connectivity index (χ1n) is 17.9. The van der Waals surface area contributed by atoms with Crippen LogP contribution in [-0.4, -0.2) is 5.54 Å². The van der Waals surface area contributed by atoms with Crippen LogP contribution in [0.5, 0.6) is 0 Å². The maximum atomic E-state index is 7.48. The summed E-state index contributed by atoms with van der Waals surface area (Å²) in [6, 6.07) is 0. The number of nitrogens with two attached hydrogens (primary N) is 1. The number of hydrogen-bond acceptors (Lipinski definition) is 1. The Morgan fingerprint density at radius 3 is 0.895 bits per heavy atom. The molecule has 0 bridgehead atoms. The number of unbranched alkanes of at least 4 members (excludes halogenated alkanes) is 22. The Kier molecular flexibility index (Phi) is 33.8. The lowest BCUT2D eigenvalue weighted by molar-refractivity contribution is 0.189. The molecule has 0 fully saturated rings. The van der Waals surface area contributed by atoms with Crippen molar-refractivity contribution in [2.75, 3.05) is 0 Å². The molecular formula is C36H76ClN. The highest BCUT2D eigenvalue weighted by atomic mass is 35.5. The Balaban J connectivity index is 0. The molecule has 0 aromatic rings. The van der Waals surface area contributed by atoms with Crippen molar-refractivity contribution >= 4 is 12.4 Å². The van der Waals surface area contributed by atoms with Gasteiger partial charge in [-0.25, -0.2) is 0 Å². The third-order valence-electron chi connectivity index (χ3n) is 9.12. The molecule has 2 heteroatoms. The summed E-state index contributed by atoms with van der Waals surface area (Å²) < 4.78 is 0. The summed E-state index contributed by atoms with van der Waals surface area (Å²) in [6.07, 6.45) is 42.0. The van der Waals surface area contributed by atoms with Crippen LogP contribution in [0.2, 0.25) is 0 Å². The molecule has 0 heterocycles. The lowest BCUT2D eigenvalue weighted by Gasteiger charge is -2.39. The molecule has 0 saturated carbocycles. The van der Waals surface area contributed by atoms with Crippen LogP contribution in [0.15, 0.2) is 0 Å². The van der Waals surface area contributed by atoms with Crippen LogP contribution in [0.25, 0.3) is 0 Å². The molecule has 0 aliphatic carbocycles. The van der Waals surface area contributed by atoms with Crippen LogP contribution in [0, 0.1) is 5.92 Å². The van der Waals surface area contributed by atoms with Crippen LogP contribution in [0.4, 0.5) is 0 Å². The molecule has 1 nitrogen and oxygen atoms in total. The lowest BCUT2D eigenvalue weighted by Crippen LogP contribution is -2.47. The Morgan fingerprint density at radius 2 is 0.605 bits per heavy atom. The number of hydrogen-bond donors (Lipinski definition) is 1. The van der Waals surface area contributed by atoms with E-state index in [9.17, 15) is 0 Å². The molecular weight excluding hydrogens is 482 g/mol. The largest absolute Gasteiger partial charge is 0.325 e. The Hall–Kier alpha value is 0.250. The highest BCUT2D eigenvalue weighted by molar-refractivity contribution is 5.85. The highest BCUT2D eigenvalue weighted by Crippen LogP contribution is 2.35. The van der Waals surface area contributed by atoms with Crippen LogP contribution >= 0.6 is 12.4 Å². The summed E-state index contributed by atoms with van der Waals surface area (Å²) in [7, 11) is 0. The number of halogens is 1. The third kappa shape index (κ3) is 25.2. The zero-order valence-electron chi connectivity index (χ0n) is 27.3. The molecule has 0 spiro atoms. The first-order chi connectivity index (χ1) is 18.1. The first kappa shape index (κ1) is 40.4. The summed E-state index contributed by atoms with van der Waals surface area (Å²) in [5.41, 5.74) is 7.58. The van der Waals surface area contributed by atoms with Gasteiger partial charge in [-0.2, -0.15) is 0 Å². The molecule has 1 atom stereocenters. The van der Waals surface area contributed by atoms with E-state index in [-0.39, 0.29) is 17.9 Å². The summed E-state index contributed by atoms with van der Waals surface area (Å²) in [4.78, 5) is 0. The molecule has 0 aromatic heterocycles. The molecule has 0 aromatic carbocycles. The predicted molar refractivity (Wildman–Crippen MR) is 179 cm³/mol. The van der Waals surface area contributed by atoms with Crippen LogP contribution < -0.4 is 5.73 Å². The van der Waals surface area contributed by atoms with Crippen molar-refractivity contribution in [2.45, 2.75) is 226 Å². The van der Waals surface area contributed by atoms with Crippen molar-refractivity contribution in [3.8, 4) is 0 Å². The number of rotatable bonds is 31. The van der Waals surface area contributed by atoms with Crippen LogP contribution in [0.1, 0.15) is 220 Å². The summed E-state index contributed by atoms with van der Waals surface area (Å²) in [6.45, 7) is 9.29. The highest BCUT2D eigenvalue weighted by Gasteiger charge is 2.33. The van der Waals surface area contributed by atoms with Gasteiger partial charge in [-0.05, 0) is 31.6 Å². The average Bonchev–Trinajstić information content (AvgIpc) is 2.90. The minimum Gasteiger partial charge on any atom is -0.325 e. The van der Waals surface area contributed by atoms with E-state index >= 15 is 0 Å². The second-order valence-corrected chi connectivity index (χ2v) is 12.8. The van der Waals surface area contributed by atoms with Gasteiger partial charge in [0.1, 0.15) is 0 Å². The Morgan fingerprint density at radius 1 is 0.368 bits per heavy atom. The molecule has 2 N–H and O–H groups in total. The average molecular weight is 558 g/mol. The van der Waals surface area contributed by atoms with Crippen molar-refractivity contribution in [3.63, 3.8) is 0 Å². The van der Waals surface area contributed by atoms with Crippen molar-refractivity contribution < 1.29 is 0 Å². The Labute approximate surface area is 249 Å². The molecule has 0 saturated heterocycles. The van der Waals surface area contributed by atoms with E-state index in [1.165, 1.54) is 193 Å². The van der Waals surface area contributed by atoms with Crippen molar-refractivity contribution in [3.05, 3.63) is 0 Å². The minimum absolute atomic E-state index is 0. The monoisotopic (exact) mass is 558 g/mol. The summed E-state index contributed by atoms with van der Waals surface area (Å²) in [5, 5.41) is 0. The minimum atomic E-state index is 0. The van der Waals surface area contributed by atoms with E-state index in [0.717, 1.165) is 5.92 Å². The second kappa shape index (κ2) is 31.8. The third-order valence-corrected chi connectivity index (χ3v) is 9.12. The SMILES string of the molecule is CCCCCCCCCCC(CCCCCCCC)C(N)(CCCCCCCC)CCCCCCCC.Cl. The molecule has 0 rings (SSSR count). The van der Waals surface area contributed by atoms with Crippen LogP contribution in [-0.2, 0) is 0 Å². The van der Waals surface area contributed by atoms with E-state index < -0.39 is 0 Å². The normalized spacial score (nSPS) is 12.6. The summed E-state index contributed by atoms with van der Waals surface area (Å²) in [5.74, 6) is 0.755. The quantitative estimate of drug-likeness (QED) is 0.0842. The van der Waals surface area contributed by atoms with Gasteiger partial charge in [-0.15, -0.1) is 12.4 Å². The zero-order valence-corrected chi connectivity index (χ0v) is 28.1. The van der Waals surface area contributed by atoms with Crippen molar-refractivity contribution in [1.29, 1.82) is 0 Å². The fraction of sp³-hybridized carbons (Fsp3) is 1.00. The maximum Gasteiger partial charge on any atom is 0.0182 e. The van der Waals surface area contributed by atoms with Crippen molar-refractivity contribution in [2.24, 2.45) is 11.7 Å². The fourth-order valence-electron chi connectivity index (χ4n) is 6.42. The maximum absolute atomic E-state index is 7.48. The van der Waals surface area contributed by atoms with E-state index in [1.807, 2.05) is 0 Å². The summed E-state index contributed by atoms with van der Waals surface area (Å²) >= 11 is 0. The molecule has 232 valence electrons. The van der Waals surface area contributed by atoms with E-state index in [0.29, 0.717) is 0 Å². The molecule has 0 aliphatic heterocycles. The van der Waals surface area contributed by atoms with Gasteiger partial charge in [0.2, 0.25) is 0 Å². The predicted octanol–water partition coefficient (Wildman–Crippen LogP) is 13.5. The van der Waals surface area contributed by atoms with Gasteiger partial charge in [0, 0.05) is 5.54 Å². The topological polar surface area (TPSA) is 26.0 Å². The molecule has 0 aliphatic rings. The van der Waals surface area contributed by atoms with Gasteiger partial charge in [0.05, 0.1) is 0 Å². The zero-order chi connectivity index (χ0) is 27.3. The molecule has 1 unspecified atom stereocenters. The van der Waals surface area contributed by atoms with Gasteiger partial charge in [0.25, 0.3) is 0 Å². The lowest BCUT2D eigenvalue weighted by atomic mass is 9.72.